The quantitative estimate of drug-likeness (QED) is 0.360. The lowest BCUT2D eigenvalue weighted by Gasteiger charge is -2.37. The summed E-state index contributed by atoms with van der Waals surface area (Å²) in [4.78, 5) is 35.4. The first-order valence-electron chi connectivity index (χ1n) is 13.3. The molecule has 40 heavy (non-hydrogen) atoms. The van der Waals surface area contributed by atoms with Gasteiger partial charge in [0.2, 0.25) is 0 Å². The van der Waals surface area contributed by atoms with E-state index in [1.807, 2.05) is 69.4 Å². The number of hydrogen-bond acceptors (Lipinski definition) is 8. The third-order valence-corrected chi connectivity index (χ3v) is 7.40. The number of benzene rings is 2. The minimum atomic E-state index is -0.420. The number of piperazine rings is 1. The number of nitrogens with zero attached hydrogens (tertiary/aromatic N) is 5. The molecule has 1 N–H and O–H groups in total. The van der Waals surface area contributed by atoms with Crippen LogP contribution < -0.4 is 20.7 Å². The molecule has 3 heterocycles. The predicted octanol–water partition coefficient (Wildman–Crippen LogP) is 4.47. The van der Waals surface area contributed by atoms with Crippen LogP contribution in [0.2, 0.25) is 0 Å². The van der Waals surface area contributed by atoms with E-state index >= 15 is 0 Å². The molecule has 0 aliphatic carbocycles. The standard InChI is InChI=1S/C31H32N6O3/c1-20-17-26(22(3)33-27-8-6-5-7-25(27)31(39)40-4)29-34-28(21(2)30(38)37(29)19-20)36-15-13-35(14-16-36)24-11-9-23(18-32)10-12-24/h5-12,17,19,22,33H,13-16H2,1-4H3/t22-/m1/s1. The zero-order chi connectivity index (χ0) is 28.4. The second-order valence-corrected chi connectivity index (χ2v) is 10.1. The molecular formula is C31H32N6O3. The van der Waals surface area contributed by atoms with E-state index in [4.69, 9.17) is 15.0 Å². The van der Waals surface area contributed by atoms with E-state index in [2.05, 4.69) is 21.2 Å². The van der Waals surface area contributed by atoms with E-state index in [0.717, 1.165) is 29.9 Å². The van der Waals surface area contributed by atoms with Crippen LogP contribution in [-0.2, 0) is 4.74 Å². The van der Waals surface area contributed by atoms with Gasteiger partial charge in [-0.3, -0.25) is 9.20 Å². The van der Waals surface area contributed by atoms with Gasteiger partial charge in [-0.15, -0.1) is 0 Å². The Morgan fingerprint density at radius 3 is 2.40 bits per heavy atom. The van der Waals surface area contributed by atoms with Gasteiger partial charge in [-0.05, 0) is 68.8 Å². The average Bonchev–Trinajstić information content (AvgIpc) is 2.99. The fraction of sp³-hybridized carbons (Fsp3) is 0.290. The summed E-state index contributed by atoms with van der Waals surface area (Å²) in [5.41, 5.74) is 5.69. The Labute approximate surface area is 233 Å². The molecule has 0 unspecified atom stereocenters. The van der Waals surface area contributed by atoms with Crippen LogP contribution in [0.3, 0.4) is 0 Å². The summed E-state index contributed by atoms with van der Waals surface area (Å²) in [6.45, 7) is 8.75. The van der Waals surface area contributed by atoms with Gasteiger partial charge in [0.15, 0.2) is 0 Å². The summed E-state index contributed by atoms with van der Waals surface area (Å²) in [5, 5.41) is 12.5. The molecule has 0 bridgehead atoms. The van der Waals surface area contributed by atoms with Gasteiger partial charge in [0.05, 0.1) is 35.9 Å². The number of fused-ring (bicyclic) bond motifs is 1. The minimum absolute atomic E-state index is 0.0957. The van der Waals surface area contributed by atoms with Gasteiger partial charge in [-0.25, -0.2) is 9.78 Å². The molecule has 204 valence electrons. The van der Waals surface area contributed by atoms with Crippen LogP contribution in [-0.4, -0.2) is 48.6 Å². The number of hydrogen-bond donors (Lipinski definition) is 1. The van der Waals surface area contributed by atoms with Crippen molar-refractivity contribution in [1.29, 1.82) is 5.26 Å². The van der Waals surface area contributed by atoms with Crippen molar-refractivity contribution in [1.82, 2.24) is 9.38 Å². The zero-order valence-corrected chi connectivity index (χ0v) is 23.1. The van der Waals surface area contributed by atoms with E-state index in [0.29, 0.717) is 46.9 Å². The molecule has 0 saturated carbocycles. The van der Waals surface area contributed by atoms with Crippen molar-refractivity contribution >= 4 is 28.8 Å². The Morgan fingerprint density at radius 2 is 1.73 bits per heavy atom. The first kappa shape index (κ1) is 26.8. The van der Waals surface area contributed by atoms with Crippen molar-refractivity contribution in [2.24, 2.45) is 0 Å². The highest BCUT2D eigenvalue weighted by molar-refractivity contribution is 5.95. The molecule has 0 amide bonds. The molecule has 0 spiro atoms. The fourth-order valence-electron chi connectivity index (χ4n) is 5.24. The normalized spacial score (nSPS) is 14.1. The van der Waals surface area contributed by atoms with Crippen molar-refractivity contribution in [2.45, 2.75) is 26.8 Å². The van der Waals surface area contributed by atoms with Crippen molar-refractivity contribution in [2.75, 3.05) is 48.4 Å². The summed E-state index contributed by atoms with van der Waals surface area (Å²) < 4.78 is 6.58. The smallest absolute Gasteiger partial charge is 0.339 e. The predicted molar refractivity (Wildman–Crippen MR) is 156 cm³/mol. The molecule has 2 aromatic heterocycles. The Bertz CT molecular complexity index is 1660. The fourth-order valence-corrected chi connectivity index (χ4v) is 5.24. The number of methoxy groups -OCH3 is 1. The van der Waals surface area contributed by atoms with Gasteiger partial charge in [0, 0.05) is 49.3 Å². The van der Waals surface area contributed by atoms with Gasteiger partial charge >= 0.3 is 5.97 Å². The third kappa shape index (κ3) is 5.08. The van der Waals surface area contributed by atoms with E-state index in [1.165, 1.54) is 7.11 Å². The van der Waals surface area contributed by atoms with Crippen LogP contribution in [0.15, 0.2) is 65.6 Å². The van der Waals surface area contributed by atoms with E-state index < -0.39 is 5.97 Å². The van der Waals surface area contributed by atoms with Crippen LogP contribution in [0.1, 0.15) is 45.6 Å². The number of nitriles is 1. The molecule has 2 aromatic carbocycles. The molecular weight excluding hydrogens is 504 g/mol. The number of aryl methyl sites for hydroxylation is 1. The third-order valence-electron chi connectivity index (χ3n) is 7.40. The van der Waals surface area contributed by atoms with E-state index in [9.17, 15) is 9.59 Å². The number of pyridine rings is 1. The van der Waals surface area contributed by atoms with Crippen molar-refractivity contribution in [3.8, 4) is 6.07 Å². The summed E-state index contributed by atoms with van der Waals surface area (Å²) in [6.07, 6.45) is 1.82. The highest BCUT2D eigenvalue weighted by atomic mass is 16.5. The molecule has 9 heteroatoms. The lowest BCUT2D eigenvalue weighted by atomic mass is 10.1. The Morgan fingerprint density at radius 1 is 1.05 bits per heavy atom. The molecule has 1 aliphatic rings. The second-order valence-electron chi connectivity index (χ2n) is 10.1. The minimum Gasteiger partial charge on any atom is -0.465 e. The van der Waals surface area contributed by atoms with Crippen molar-refractivity contribution < 1.29 is 9.53 Å². The molecule has 4 aromatic rings. The number of para-hydroxylation sites is 1. The molecule has 1 atom stereocenters. The van der Waals surface area contributed by atoms with E-state index in [1.54, 1.807) is 16.5 Å². The van der Waals surface area contributed by atoms with Gasteiger partial charge < -0.3 is 19.9 Å². The monoisotopic (exact) mass is 536 g/mol. The van der Waals surface area contributed by atoms with Crippen LogP contribution in [0.4, 0.5) is 17.2 Å². The van der Waals surface area contributed by atoms with Crippen LogP contribution >= 0.6 is 0 Å². The van der Waals surface area contributed by atoms with Crippen molar-refractivity contribution in [3.05, 3.63) is 99.0 Å². The first-order chi connectivity index (χ1) is 19.3. The van der Waals surface area contributed by atoms with E-state index in [-0.39, 0.29) is 11.6 Å². The number of rotatable bonds is 6. The molecule has 0 radical (unpaired) electrons. The largest absolute Gasteiger partial charge is 0.465 e. The van der Waals surface area contributed by atoms with Gasteiger partial charge in [-0.1, -0.05) is 12.1 Å². The first-order valence-corrected chi connectivity index (χ1v) is 13.3. The van der Waals surface area contributed by atoms with Crippen molar-refractivity contribution in [3.63, 3.8) is 0 Å². The van der Waals surface area contributed by atoms with Gasteiger partial charge in [-0.2, -0.15) is 5.26 Å². The molecule has 1 saturated heterocycles. The molecule has 1 aliphatic heterocycles. The molecule has 5 rings (SSSR count). The Balaban J connectivity index is 1.46. The maximum atomic E-state index is 13.6. The topological polar surface area (TPSA) is 103 Å². The number of ether oxygens (including phenoxy) is 1. The number of aromatic nitrogens is 2. The summed E-state index contributed by atoms with van der Waals surface area (Å²) in [7, 11) is 1.36. The zero-order valence-electron chi connectivity index (χ0n) is 23.1. The summed E-state index contributed by atoms with van der Waals surface area (Å²) >= 11 is 0. The Kier molecular flexibility index (Phi) is 7.43. The number of carbonyl (C=O) groups is 1. The number of carbonyl (C=O) groups excluding carboxylic acids is 1. The number of esters is 1. The van der Waals surface area contributed by atoms with Gasteiger partial charge in [0.1, 0.15) is 11.5 Å². The lowest BCUT2D eigenvalue weighted by Crippen LogP contribution is -2.47. The highest BCUT2D eigenvalue weighted by Crippen LogP contribution is 2.28. The lowest BCUT2D eigenvalue weighted by molar-refractivity contribution is 0.0602. The van der Waals surface area contributed by atoms with Crippen LogP contribution in [0, 0.1) is 25.2 Å². The van der Waals surface area contributed by atoms with Gasteiger partial charge in [0.25, 0.3) is 5.56 Å². The molecule has 9 nitrogen and oxygen atoms in total. The number of anilines is 3. The highest BCUT2D eigenvalue weighted by Gasteiger charge is 2.24. The summed E-state index contributed by atoms with van der Waals surface area (Å²) in [5.74, 6) is 0.272. The number of nitrogens with one attached hydrogen (secondary N) is 1. The summed E-state index contributed by atoms with van der Waals surface area (Å²) in [6, 6.07) is 18.8. The maximum absolute atomic E-state index is 13.6. The van der Waals surface area contributed by atoms with Crippen LogP contribution in [0.5, 0.6) is 0 Å². The average molecular weight is 537 g/mol. The SMILES string of the molecule is COC(=O)c1ccccc1N[C@H](C)c1cc(C)cn2c(=O)c(C)c(N3CCN(c4ccc(C#N)cc4)CC3)nc12. The molecule has 1 fully saturated rings. The maximum Gasteiger partial charge on any atom is 0.339 e. The second kappa shape index (κ2) is 11.1. The van der Waals surface area contributed by atoms with Crippen LogP contribution in [0.25, 0.3) is 5.65 Å². The Hall–Kier alpha value is -4.84.